The largest absolute Gasteiger partial charge is 0.492 e. The molecule has 0 bridgehead atoms. The lowest BCUT2D eigenvalue weighted by atomic mass is 10.0. The summed E-state index contributed by atoms with van der Waals surface area (Å²) in [5.41, 5.74) is -1.19. The Hall–Kier alpha value is -2.95. The molecule has 1 fully saturated rings. The molecule has 33 heavy (non-hydrogen) atoms. The van der Waals surface area contributed by atoms with Gasteiger partial charge in [-0.1, -0.05) is 25.4 Å². The van der Waals surface area contributed by atoms with Crippen molar-refractivity contribution >= 4 is 23.2 Å². The van der Waals surface area contributed by atoms with Crippen molar-refractivity contribution in [1.82, 2.24) is 18.9 Å². The van der Waals surface area contributed by atoms with Crippen LogP contribution in [0.4, 0.5) is 13.2 Å². The Morgan fingerprint density at radius 2 is 2.00 bits per heavy atom. The predicted octanol–water partition coefficient (Wildman–Crippen LogP) is 4.14. The van der Waals surface area contributed by atoms with Crippen LogP contribution in [-0.4, -0.2) is 43.0 Å². The van der Waals surface area contributed by atoms with E-state index >= 15 is 0 Å². The Labute approximate surface area is 191 Å². The summed E-state index contributed by atoms with van der Waals surface area (Å²) in [4.78, 5) is 30.3. The van der Waals surface area contributed by atoms with Crippen molar-refractivity contribution < 1.29 is 27.5 Å². The Morgan fingerprint density at radius 1 is 1.33 bits per heavy atom. The number of pyridine rings is 1. The summed E-state index contributed by atoms with van der Waals surface area (Å²) in [5, 5.41) is 9.61. The summed E-state index contributed by atoms with van der Waals surface area (Å²) in [5.74, 6) is -1.47. The third-order valence-electron chi connectivity index (χ3n) is 5.70. The number of alkyl halides is 3. The van der Waals surface area contributed by atoms with Gasteiger partial charge >= 0.3 is 11.9 Å². The lowest BCUT2D eigenvalue weighted by molar-refractivity contribution is -0.136. The van der Waals surface area contributed by atoms with Crippen LogP contribution in [0.15, 0.2) is 27.7 Å². The van der Waals surface area contributed by atoms with Crippen molar-refractivity contribution in [3.63, 3.8) is 0 Å². The van der Waals surface area contributed by atoms with Gasteiger partial charge in [-0.25, -0.2) is 14.3 Å². The third kappa shape index (κ3) is 4.33. The summed E-state index contributed by atoms with van der Waals surface area (Å²) in [7, 11) is 0. The summed E-state index contributed by atoms with van der Waals surface area (Å²) < 4.78 is 48.1. The van der Waals surface area contributed by atoms with E-state index in [1.807, 2.05) is 13.8 Å². The number of hydrogen-bond acceptors (Lipinski definition) is 5. The van der Waals surface area contributed by atoms with Crippen molar-refractivity contribution in [3.05, 3.63) is 51.1 Å². The van der Waals surface area contributed by atoms with Crippen LogP contribution in [0.25, 0.3) is 5.65 Å². The van der Waals surface area contributed by atoms with Gasteiger partial charge in [-0.05, 0) is 36.8 Å². The number of halogens is 4. The van der Waals surface area contributed by atoms with E-state index < -0.39 is 29.1 Å². The number of carbonyl (C=O) groups excluding carboxylic acids is 1. The zero-order valence-corrected chi connectivity index (χ0v) is 18.7. The lowest BCUT2D eigenvalue weighted by Crippen LogP contribution is -2.40. The molecule has 0 aliphatic carbocycles. The molecular weight excluding hydrogens is 465 g/mol. The van der Waals surface area contributed by atoms with Gasteiger partial charge in [0.15, 0.2) is 17.6 Å². The number of hydrogen-bond donors (Lipinski definition) is 1. The minimum absolute atomic E-state index is 0.121. The molecule has 1 saturated heterocycles. The number of amides is 1. The normalized spacial score (nSPS) is 15.7. The van der Waals surface area contributed by atoms with Gasteiger partial charge in [0, 0.05) is 25.3 Å². The highest BCUT2D eigenvalue weighted by molar-refractivity contribution is 6.33. The Morgan fingerprint density at radius 3 is 2.55 bits per heavy atom. The molecule has 0 saturated carbocycles. The van der Waals surface area contributed by atoms with Crippen molar-refractivity contribution in [3.8, 4) is 5.88 Å². The van der Waals surface area contributed by atoms with E-state index in [0.29, 0.717) is 24.8 Å². The standard InChI is InChI=1S/C21H22ClF3N4O4/c1-11(2)7-12-8-14(21(23,24)25)18-26-16(17(22)28(18)9-12)19(31)27-5-3-13(4-6-27)29-15(30)10-33-20(29)32/h8-11,13,30H,3-7H2,1-2H3. The summed E-state index contributed by atoms with van der Waals surface area (Å²) >= 11 is 6.35. The maximum absolute atomic E-state index is 13.7. The smallest absolute Gasteiger partial charge is 0.422 e. The molecule has 0 aromatic carbocycles. The van der Waals surface area contributed by atoms with Gasteiger partial charge in [0.25, 0.3) is 5.91 Å². The van der Waals surface area contributed by atoms with Crippen LogP contribution in [0.1, 0.15) is 54.3 Å². The quantitative estimate of drug-likeness (QED) is 0.598. The van der Waals surface area contributed by atoms with Crippen molar-refractivity contribution in [2.75, 3.05) is 13.1 Å². The lowest BCUT2D eigenvalue weighted by Gasteiger charge is -2.31. The van der Waals surface area contributed by atoms with Crippen LogP contribution >= 0.6 is 11.6 Å². The fourth-order valence-electron chi connectivity index (χ4n) is 4.22. The molecule has 0 spiro atoms. The fraction of sp³-hybridized carbons (Fsp3) is 0.476. The number of aromatic hydroxyl groups is 1. The second-order valence-electron chi connectivity index (χ2n) is 8.56. The first-order valence-electron chi connectivity index (χ1n) is 10.4. The van der Waals surface area contributed by atoms with E-state index in [1.165, 1.54) is 11.1 Å². The zero-order chi connectivity index (χ0) is 24.1. The van der Waals surface area contributed by atoms with Crippen molar-refractivity contribution in [2.45, 2.75) is 45.3 Å². The average Bonchev–Trinajstić information content (AvgIpc) is 3.25. The number of rotatable bonds is 4. The first-order chi connectivity index (χ1) is 15.5. The number of piperidine rings is 1. The predicted molar refractivity (Wildman–Crippen MR) is 113 cm³/mol. The second-order valence-corrected chi connectivity index (χ2v) is 8.91. The minimum Gasteiger partial charge on any atom is -0.492 e. The Bertz CT molecular complexity index is 1250. The number of carbonyl (C=O) groups is 1. The molecule has 1 N–H and O–H groups in total. The van der Waals surface area contributed by atoms with Gasteiger partial charge in [0.2, 0.25) is 5.88 Å². The highest BCUT2D eigenvalue weighted by atomic mass is 35.5. The minimum atomic E-state index is -4.67. The second kappa shape index (κ2) is 8.44. The number of fused-ring (bicyclic) bond motifs is 1. The molecule has 0 atom stereocenters. The average molecular weight is 487 g/mol. The van der Waals surface area contributed by atoms with Crippen LogP contribution in [0.2, 0.25) is 5.15 Å². The molecule has 0 radical (unpaired) electrons. The van der Waals surface area contributed by atoms with E-state index in [1.54, 1.807) is 0 Å². The van der Waals surface area contributed by atoms with E-state index in [-0.39, 0.29) is 41.8 Å². The first kappa shape index (κ1) is 23.2. The SMILES string of the molecule is CC(C)Cc1cc(C(F)(F)F)c2nc(C(=O)N3CCC(n4c(O)coc4=O)CC3)c(Cl)n2c1. The number of imidazole rings is 1. The van der Waals surface area contributed by atoms with E-state index in [9.17, 15) is 27.9 Å². The van der Waals surface area contributed by atoms with Gasteiger partial charge in [0.1, 0.15) is 5.15 Å². The molecule has 178 valence electrons. The van der Waals surface area contributed by atoms with Gasteiger partial charge < -0.3 is 14.4 Å². The van der Waals surface area contributed by atoms with E-state index in [2.05, 4.69) is 9.40 Å². The molecule has 4 heterocycles. The maximum Gasteiger partial charge on any atom is 0.422 e. The number of oxazole rings is 1. The van der Waals surface area contributed by atoms with E-state index in [0.717, 1.165) is 21.3 Å². The molecule has 4 rings (SSSR count). The van der Waals surface area contributed by atoms with Crippen molar-refractivity contribution in [2.24, 2.45) is 5.92 Å². The summed E-state index contributed by atoms with van der Waals surface area (Å²) in [6.07, 6.45) is -1.14. The highest BCUT2D eigenvalue weighted by Gasteiger charge is 2.37. The number of nitrogens with zero attached hydrogens (tertiary/aromatic N) is 4. The molecule has 1 aliphatic heterocycles. The van der Waals surface area contributed by atoms with Gasteiger partial charge in [-0.15, -0.1) is 0 Å². The summed E-state index contributed by atoms with van der Waals surface area (Å²) in [6, 6.07) is 0.681. The monoisotopic (exact) mass is 486 g/mol. The molecule has 0 unspecified atom stereocenters. The Balaban J connectivity index is 1.64. The summed E-state index contributed by atoms with van der Waals surface area (Å²) in [6.45, 7) is 4.19. The van der Waals surface area contributed by atoms with Gasteiger partial charge in [-0.2, -0.15) is 13.2 Å². The highest BCUT2D eigenvalue weighted by Crippen LogP contribution is 2.36. The van der Waals surface area contributed by atoms with Crippen LogP contribution in [0, 0.1) is 5.92 Å². The number of aromatic nitrogens is 3. The molecule has 1 amide bonds. The van der Waals surface area contributed by atoms with E-state index in [4.69, 9.17) is 11.6 Å². The number of likely N-dealkylation sites (tertiary alicyclic amines) is 1. The van der Waals surface area contributed by atoms with Crippen LogP contribution in [0.3, 0.4) is 0 Å². The molecule has 12 heteroatoms. The van der Waals surface area contributed by atoms with Gasteiger partial charge in [-0.3, -0.25) is 9.20 Å². The van der Waals surface area contributed by atoms with Crippen LogP contribution in [0.5, 0.6) is 5.88 Å². The molecule has 3 aromatic rings. The topological polar surface area (TPSA) is 93.0 Å². The van der Waals surface area contributed by atoms with Crippen LogP contribution in [-0.2, 0) is 12.6 Å². The maximum atomic E-state index is 13.7. The third-order valence-corrected chi connectivity index (χ3v) is 6.06. The molecule has 3 aromatic heterocycles. The molecule has 8 nitrogen and oxygen atoms in total. The van der Waals surface area contributed by atoms with Crippen LogP contribution < -0.4 is 5.76 Å². The van der Waals surface area contributed by atoms with Gasteiger partial charge in [0.05, 0.1) is 5.56 Å². The van der Waals surface area contributed by atoms with Crippen molar-refractivity contribution in [1.29, 1.82) is 0 Å². The first-order valence-corrected chi connectivity index (χ1v) is 10.8. The Kier molecular flexibility index (Phi) is 5.94. The zero-order valence-electron chi connectivity index (χ0n) is 17.9. The fourth-order valence-corrected chi connectivity index (χ4v) is 4.48. The molecule has 1 aliphatic rings. The molecular formula is C21H22ClF3N4O4.